The number of ether oxygens (including phenoxy) is 1. The topological polar surface area (TPSA) is 50.4 Å². The third kappa shape index (κ3) is 4.76. The van der Waals surface area contributed by atoms with E-state index < -0.39 is 0 Å². The van der Waals surface area contributed by atoms with E-state index in [2.05, 4.69) is 10.6 Å². The molecule has 0 atom stereocenters. The van der Waals surface area contributed by atoms with E-state index in [1.807, 2.05) is 38.1 Å². The average molecular weight is 276 g/mol. The maximum atomic E-state index is 11.7. The number of carbonyl (C=O) groups is 1. The lowest BCUT2D eigenvalue weighted by atomic mass is 10.2. The quantitative estimate of drug-likeness (QED) is 0.867. The van der Waals surface area contributed by atoms with Gasteiger partial charge >= 0.3 is 6.03 Å². The molecular weight excluding hydrogens is 252 g/mol. The summed E-state index contributed by atoms with van der Waals surface area (Å²) >= 11 is 0. The summed E-state index contributed by atoms with van der Waals surface area (Å²) in [6.45, 7) is 4.55. The van der Waals surface area contributed by atoms with Crippen LogP contribution < -0.4 is 15.4 Å². The molecule has 1 fully saturated rings. The largest absolute Gasteiger partial charge is 0.491 e. The molecule has 2 rings (SSSR count). The van der Waals surface area contributed by atoms with Crippen molar-refractivity contribution in [1.82, 2.24) is 10.6 Å². The molecule has 0 bridgehead atoms. The van der Waals surface area contributed by atoms with Crippen LogP contribution in [0.3, 0.4) is 0 Å². The van der Waals surface area contributed by atoms with E-state index >= 15 is 0 Å². The molecule has 1 aromatic rings. The Labute approximate surface area is 120 Å². The Morgan fingerprint density at radius 3 is 2.50 bits per heavy atom. The van der Waals surface area contributed by atoms with E-state index in [-0.39, 0.29) is 12.1 Å². The molecule has 0 aliphatic heterocycles. The van der Waals surface area contributed by atoms with Crippen LogP contribution in [0.15, 0.2) is 24.3 Å². The third-order valence-corrected chi connectivity index (χ3v) is 3.44. The normalized spacial score (nSPS) is 15.3. The van der Waals surface area contributed by atoms with E-state index in [0.717, 1.165) is 24.2 Å². The van der Waals surface area contributed by atoms with Gasteiger partial charge in [-0.1, -0.05) is 25.0 Å². The van der Waals surface area contributed by atoms with Gasteiger partial charge in [-0.25, -0.2) is 4.79 Å². The van der Waals surface area contributed by atoms with E-state index in [1.165, 1.54) is 12.8 Å². The van der Waals surface area contributed by atoms with Gasteiger partial charge in [-0.2, -0.15) is 0 Å². The van der Waals surface area contributed by atoms with Gasteiger partial charge in [0.15, 0.2) is 0 Å². The first kappa shape index (κ1) is 14.7. The Morgan fingerprint density at radius 1 is 1.25 bits per heavy atom. The minimum Gasteiger partial charge on any atom is -0.491 e. The second-order valence-electron chi connectivity index (χ2n) is 5.62. The molecule has 0 saturated heterocycles. The first-order valence-electron chi connectivity index (χ1n) is 7.43. The highest BCUT2D eigenvalue weighted by Gasteiger charge is 2.16. The third-order valence-electron chi connectivity index (χ3n) is 3.44. The number of urea groups is 1. The molecule has 1 aliphatic rings. The zero-order valence-corrected chi connectivity index (χ0v) is 12.3. The fourth-order valence-corrected chi connectivity index (χ4v) is 2.45. The average Bonchev–Trinajstić information content (AvgIpc) is 2.90. The lowest BCUT2D eigenvalue weighted by molar-refractivity contribution is 0.236. The zero-order chi connectivity index (χ0) is 14.4. The highest BCUT2D eigenvalue weighted by Crippen LogP contribution is 2.17. The van der Waals surface area contributed by atoms with Gasteiger partial charge in [0, 0.05) is 12.6 Å². The summed E-state index contributed by atoms with van der Waals surface area (Å²) in [7, 11) is 0. The number of nitrogens with one attached hydrogen (secondary N) is 2. The van der Waals surface area contributed by atoms with Crippen molar-refractivity contribution in [2.45, 2.75) is 58.2 Å². The van der Waals surface area contributed by atoms with Crippen LogP contribution in [0, 0.1) is 0 Å². The molecule has 2 N–H and O–H groups in total. The number of amides is 2. The van der Waals surface area contributed by atoms with Crippen LogP contribution >= 0.6 is 0 Å². The van der Waals surface area contributed by atoms with Crippen molar-refractivity contribution in [2.24, 2.45) is 0 Å². The number of carbonyl (C=O) groups excluding carboxylic acids is 1. The summed E-state index contributed by atoms with van der Waals surface area (Å²) < 4.78 is 5.58. The second-order valence-corrected chi connectivity index (χ2v) is 5.62. The van der Waals surface area contributed by atoms with Gasteiger partial charge in [0.25, 0.3) is 0 Å². The minimum absolute atomic E-state index is 0.0700. The summed E-state index contributed by atoms with van der Waals surface area (Å²) in [5.74, 6) is 0.860. The molecule has 1 saturated carbocycles. The Balaban J connectivity index is 1.74. The minimum atomic E-state index is -0.0700. The van der Waals surface area contributed by atoms with Crippen LogP contribution in [-0.4, -0.2) is 18.2 Å². The molecule has 0 heterocycles. The van der Waals surface area contributed by atoms with Crippen LogP contribution in [-0.2, 0) is 6.54 Å². The molecule has 2 amide bonds. The first-order chi connectivity index (χ1) is 9.63. The van der Waals surface area contributed by atoms with Gasteiger partial charge in [-0.15, -0.1) is 0 Å². The number of benzene rings is 1. The van der Waals surface area contributed by atoms with Crippen LogP contribution in [0.1, 0.15) is 45.1 Å². The zero-order valence-electron chi connectivity index (χ0n) is 12.3. The van der Waals surface area contributed by atoms with Crippen molar-refractivity contribution in [2.75, 3.05) is 0 Å². The lowest BCUT2D eigenvalue weighted by Gasteiger charge is -2.13. The number of hydrogen-bond acceptors (Lipinski definition) is 2. The fourth-order valence-electron chi connectivity index (χ4n) is 2.45. The Bertz CT molecular complexity index is 423. The molecular formula is C16H24N2O2. The maximum Gasteiger partial charge on any atom is 0.315 e. The highest BCUT2D eigenvalue weighted by molar-refractivity contribution is 5.74. The highest BCUT2D eigenvalue weighted by atomic mass is 16.5. The van der Waals surface area contributed by atoms with E-state index in [4.69, 9.17) is 4.74 Å². The Hall–Kier alpha value is -1.71. The van der Waals surface area contributed by atoms with Gasteiger partial charge in [-0.05, 0) is 44.4 Å². The van der Waals surface area contributed by atoms with Gasteiger partial charge in [-0.3, -0.25) is 0 Å². The van der Waals surface area contributed by atoms with E-state index in [9.17, 15) is 4.79 Å². The number of hydrogen-bond donors (Lipinski definition) is 2. The predicted octanol–water partition coefficient (Wildman–Crippen LogP) is 3.22. The maximum absolute atomic E-state index is 11.7. The molecule has 0 aromatic heterocycles. The Morgan fingerprint density at radius 2 is 1.90 bits per heavy atom. The van der Waals surface area contributed by atoms with Crippen LogP contribution in [0.25, 0.3) is 0 Å². The van der Waals surface area contributed by atoms with Gasteiger partial charge in [0.1, 0.15) is 5.75 Å². The van der Waals surface area contributed by atoms with Crippen LogP contribution in [0.4, 0.5) is 4.79 Å². The van der Waals surface area contributed by atoms with Crippen LogP contribution in [0.5, 0.6) is 5.75 Å². The summed E-state index contributed by atoms with van der Waals surface area (Å²) in [5, 5.41) is 5.91. The van der Waals surface area contributed by atoms with Crippen LogP contribution in [0.2, 0.25) is 0 Å². The van der Waals surface area contributed by atoms with Crippen molar-refractivity contribution in [3.05, 3.63) is 29.8 Å². The second kappa shape index (κ2) is 7.17. The van der Waals surface area contributed by atoms with Gasteiger partial charge < -0.3 is 15.4 Å². The molecule has 0 unspecified atom stereocenters. The predicted molar refractivity (Wildman–Crippen MR) is 79.8 cm³/mol. The van der Waals surface area contributed by atoms with E-state index in [0.29, 0.717) is 12.6 Å². The summed E-state index contributed by atoms with van der Waals surface area (Å²) in [4.78, 5) is 11.7. The van der Waals surface area contributed by atoms with Gasteiger partial charge in [0.2, 0.25) is 0 Å². The lowest BCUT2D eigenvalue weighted by Crippen LogP contribution is -2.40. The standard InChI is InChI=1S/C16H24N2O2/c1-12(2)20-15-9-7-13(8-10-15)11-17-16(19)18-14-5-3-4-6-14/h7-10,12,14H,3-6,11H2,1-2H3,(H2,17,18,19). The van der Waals surface area contributed by atoms with E-state index in [1.54, 1.807) is 0 Å². The molecule has 4 nitrogen and oxygen atoms in total. The fraction of sp³-hybridized carbons (Fsp3) is 0.562. The molecule has 1 aliphatic carbocycles. The summed E-state index contributed by atoms with van der Waals surface area (Å²) in [6.07, 6.45) is 4.84. The summed E-state index contributed by atoms with van der Waals surface area (Å²) in [6, 6.07) is 8.12. The molecule has 0 radical (unpaired) electrons. The molecule has 0 spiro atoms. The smallest absolute Gasteiger partial charge is 0.315 e. The van der Waals surface area contributed by atoms with Gasteiger partial charge in [0.05, 0.1) is 6.10 Å². The van der Waals surface area contributed by atoms with Crippen molar-refractivity contribution in [1.29, 1.82) is 0 Å². The van der Waals surface area contributed by atoms with Crippen molar-refractivity contribution >= 4 is 6.03 Å². The Kier molecular flexibility index (Phi) is 5.27. The summed E-state index contributed by atoms with van der Waals surface area (Å²) in [5.41, 5.74) is 1.07. The number of rotatable bonds is 5. The van der Waals surface area contributed by atoms with Crippen molar-refractivity contribution < 1.29 is 9.53 Å². The first-order valence-corrected chi connectivity index (χ1v) is 7.43. The van der Waals surface area contributed by atoms with Crippen molar-refractivity contribution in [3.8, 4) is 5.75 Å². The van der Waals surface area contributed by atoms with Crippen molar-refractivity contribution in [3.63, 3.8) is 0 Å². The SMILES string of the molecule is CC(C)Oc1ccc(CNC(=O)NC2CCCC2)cc1. The molecule has 4 heteroatoms. The molecule has 20 heavy (non-hydrogen) atoms. The molecule has 110 valence electrons. The molecule has 1 aromatic carbocycles. The monoisotopic (exact) mass is 276 g/mol.